The van der Waals surface area contributed by atoms with Crippen LogP contribution >= 0.6 is 0 Å². The largest absolute Gasteiger partial charge is 0 e. The summed E-state index contributed by atoms with van der Waals surface area (Å²) in [5.41, 5.74) is 0. The molecule has 0 atom stereocenters. The Bertz CT molecular complexity index is 155. The average Bonchev–Trinajstić information content (AvgIpc) is 1.94. The monoisotopic (exact) mass is 205 g/mol. The summed E-state index contributed by atoms with van der Waals surface area (Å²) in [6, 6.07) is 9.26. The molecule has 2 nitrogen and oxygen atoms in total. The van der Waals surface area contributed by atoms with E-state index in [1.807, 2.05) is 0 Å². The number of benzene rings is 1. The van der Waals surface area contributed by atoms with Gasteiger partial charge in [-0.1, -0.05) is 0 Å². The average molecular weight is 205 g/mol. The number of hydrogen-bond acceptors (Lipinski definition) is 2. The maximum Gasteiger partial charge on any atom is 0 e. The quantitative estimate of drug-likeness (QED) is 0.507. The summed E-state index contributed by atoms with van der Waals surface area (Å²) in [4.78, 5) is 0. The summed E-state index contributed by atoms with van der Waals surface area (Å²) in [7, 11) is 0. The van der Waals surface area contributed by atoms with Crippen molar-refractivity contribution in [1.82, 2.24) is 0 Å². The third-order valence-corrected chi connectivity index (χ3v) is 0.701. The number of phenols is 1. The van der Waals surface area contributed by atoms with Crippen LogP contribution in [-0.4, -0.2) is 5.11 Å². The number of hydrogen-bond donors (Lipinski definition) is 1. The molecule has 0 aromatic heterocycles. The van der Waals surface area contributed by atoms with Gasteiger partial charge in [-0.25, -0.2) is 0 Å². The van der Waals surface area contributed by atoms with Gasteiger partial charge in [0.15, 0.2) is 0 Å². The zero-order valence-electron chi connectivity index (χ0n) is 5.16. The summed E-state index contributed by atoms with van der Waals surface area (Å²) in [5, 5.41) is 8.61. The molecule has 0 aliphatic rings. The van der Waals surface area contributed by atoms with Gasteiger partial charge in [0.2, 0.25) is 0 Å². The molecule has 1 rings (SSSR count). The topological polar surface area (TPSA) is 37.3 Å². The molecule has 0 bridgehead atoms. The van der Waals surface area contributed by atoms with Crippen LogP contribution in [0.4, 0.5) is 0 Å². The van der Waals surface area contributed by atoms with Crippen molar-refractivity contribution < 1.29 is 50.6 Å². The van der Waals surface area contributed by atoms with Gasteiger partial charge < -0.3 is 5.11 Å². The molecule has 0 spiro atoms. The summed E-state index contributed by atoms with van der Waals surface area (Å²) in [6.45, 7) is 0. The second-order valence-electron chi connectivity index (χ2n) is 1.26. The molecule has 0 unspecified atom stereocenters. The molecule has 4 heteroatoms. The van der Waals surface area contributed by atoms with E-state index in [1.54, 1.807) is 24.3 Å². The second kappa shape index (κ2) is 9.25. The third kappa shape index (κ3) is 6.37. The smallest absolute Gasteiger partial charge is 0 e. The minimum absolute atomic E-state index is 0. The van der Waals surface area contributed by atoms with E-state index in [9.17, 15) is 0 Å². The zero-order valence-corrected chi connectivity index (χ0v) is 8.29. The van der Waals surface area contributed by atoms with Crippen LogP contribution in [0.5, 0.6) is 5.75 Å². The van der Waals surface area contributed by atoms with E-state index in [1.165, 1.54) is 0 Å². The molecule has 0 aliphatic heterocycles. The predicted molar refractivity (Wildman–Crippen MR) is 27.6 cm³/mol. The molecule has 1 aromatic carbocycles. The fourth-order valence-corrected chi connectivity index (χ4v) is 0.378. The Morgan fingerprint density at radius 1 is 1.30 bits per heavy atom. The molecule has 1 N–H and O–H groups in total. The van der Waals surface area contributed by atoms with Crippen LogP contribution in [-0.2, 0) is 45.4 Å². The van der Waals surface area contributed by atoms with Crippen molar-refractivity contribution in [1.29, 1.82) is 0 Å². The van der Waals surface area contributed by atoms with E-state index in [-0.39, 0.29) is 21.7 Å². The van der Waals surface area contributed by atoms with Crippen LogP contribution < -0.4 is 0 Å². The number of rotatable bonds is 0. The Morgan fingerprint density at radius 2 is 1.70 bits per heavy atom. The molecule has 10 heavy (non-hydrogen) atoms. The Balaban J connectivity index is 0. The Hall–Kier alpha value is 0.249. The maximum absolute atomic E-state index is 8.61. The number of aromatic hydroxyl groups is 1. The molecule has 0 fully saturated rings. The Labute approximate surface area is 86.3 Å². The molecule has 0 saturated carbocycles. The van der Waals surface area contributed by atoms with Crippen LogP contribution in [0.25, 0.3) is 0 Å². The van der Waals surface area contributed by atoms with Crippen molar-refractivity contribution >= 4 is 0 Å². The van der Waals surface area contributed by atoms with Crippen molar-refractivity contribution in [3.05, 3.63) is 30.3 Å². The molecular weight excluding hydrogens is 200 g/mol. The maximum atomic E-state index is 8.61. The van der Waals surface area contributed by atoms with Crippen LogP contribution in [0.3, 0.4) is 0 Å². The van der Waals surface area contributed by atoms with Crippen molar-refractivity contribution in [2.75, 3.05) is 0 Å². The normalized spacial score (nSPS) is 6.60. The molecule has 0 amide bonds. The van der Waals surface area contributed by atoms with Gasteiger partial charge in [-0.2, -0.15) is 18.2 Å². The van der Waals surface area contributed by atoms with E-state index in [2.05, 4.69) is 6.07 Å². The van der Waals surface area contributed by atoms with Gasteiger partial charge in [0.1, 0.15) is 0 Å². The van der Waals surface area contributed by atoms with Crippen molar-refractivity contribution in [3.8, 4) is 5.75 Å². The summed E-state index contributed by atoms with van der Waals surface area (Å²) < 4.78 is 8.25. The molecular formula is C6H5O2Ti2. The third-order valence-electron chi connectivity index (χ3n) is 0.701. The van der Waals surface area contributed by atoms with Crippen molar-refractivity contribution in [2.45, 2.75) is 0 Å². The van der Waals surface area contributed by atoms with Gasteiger partial charge in [0, 0.05) is 27.5 Å². The first-order valence-corrected chi connectivity index (χ1v) is 2.89. The fourth-order valence-electron chi connectivity index (χ4n) is 0.378. The molecule has 0 radical (unpaired) electrons. The van der Waals surface area contributed by atoms with E-state index >= 15 is 0 Å². The molecule has 0 aliphatic carbocycles. The van der Waals surface area contributed by atoms with E-state index in [4.69, 9.17) is 8.43 Å². The summed E-state index contributed by atoms with van der Waals surface area (Å²) in [5.74, 6) is 0.291. The molecule has 49 valence electrons. The van der Waals surface area contributed by atoms with Crippen LogP contribution in [0.2, 0.25) is 0 Å². The first-order chi connectivity index (χ1) is 4.39. The van der Waals surface area contributed by atoms with Crippen LogP contribution in [0, 0.1) is 6.07 Å². The number of phenolic OH excluding ortho intramolecular Hbond substituents is 1. The van der Waals surface area contributed by atoms with Gasteiger partial charge in [0.25, 0.3) is 0 Å². The standard InChI is InChI=1S/C6H5O.O.2Ti/c7-6-4-2-1-3-5-6;;;/h2-5,7H;;;/q-1;;;+1. The zero-order chi connectivity index (χ0) is 7.11. The fraction of sp³-hybridized carbons (Fsp3) is 0. The summed E-state index contributed by atoms with van der Waals surface area (Å²) in [6.07, 6.45) is 0. The van der Waals surface area contributed by atoms with E-state index in [0.29, 0.717) is 5.75 Å². The van der Waals surface area contributed by atoms with Gasteiger partial charge in [-0.15, -0.1) is 12.1 Å². The second-order valence-corrected chi connectivity index (χ2v) is 1.26. The van der Waals surface area contributed by atoms with E-state index in [0.717, 1.165) is 20.4 Å². The van der Waals surface area contributed by atoms with Gasteiger partial charge in [-0.3, -0.25) is 0 Å². The summed E-state index contributed by atoms with van der Waals surface area (Å²) >= 11 is 0.750. The molecule has 0 saturated heterocycles. The van der Waals surface area contributed by atoms with Crippen LogP contribution in [0.15, 0.2) is 24.3 Å². The van der Waals surface area contributed by atoms with Gasteiger partial charge in [-0.05, 0) is 0 Å². The Morgan fingerprint density at radius 3 is 1.90 bits per heavy atom. The minimum Gasteiger partial charge on any atom is 0 e. The molecule has 1 aromatic rings. The van der Waals surface area contributed by atoms with Crippen molar-refractivity contribution in [3.63, 3.8) is 0 Å². The minimum atomic E-state index is 0. The van der Waals surface area contributed by atoms with Crippen molar-refractivity contribution in [2.24, 2.45) is 0 Å². The first kappa shape index (κ1) is 12.9. The SMILES string of the molecule is Oc1cc[c-]cc1.[O]=[Ti+].[Ti]. The van der Waals surface area contributed by atoms with Gasteiger partial charge in [0.05, 0.1) is 0 Å². The Kier molecular flexibility index (Phi) is 11.9. The first-order valence-electron chi connectivity index (χ1n) is 2.25. The van der Waals surface area contributed by atoms with E-state index < -0.39 is 0 Å². The molecule has 0 heterocycles. The van der Waals surface area contributed by atoms with Gasteiger partial charge >= 0.3 is 23.7 Å². The van der Waals surface area contributed by atoms with Crippen LogP contribution in [0.1, 0.15) is 0 Å². The predicted octanol–water partition coefficient (Wildman–Crippen LogP) is 1.07.